The van der Waals surface area contributed by atoms with Crippen LogP contribution in [0.15, 0.2) is 54.6 Å². The van der Waals surface area contributed by atoms with Gasteiger partial charge in [-0.1, -0.05) is 24.3 Å². The average Bonchev–Trinajstić information content (AvgIpc) is 2.54. The predicted octanol–water partition coefficient (Wildman–Crippen LogP) is 3.57. The van der Waals surface area contributed by atoms with Crippen LogP contribution >= 0.6 is 0 Å². The van der Waals surface area contributed by atoms with Crippen molar-refractivity contribution in [1.82, 2.24) is 5.32 Å². The van der Waals surface area contributed by atoms with Crippen molar-refractivity contribution in [1.29, 1.82) is 0 Å². The molecule has 122 valence electrons. The van der Waals surface area contributed by atoms with Gasteiger partial charge in [-0.2, -0.15) is 13.2 Å². The summed E-state index contributed by atoms with van der Waals surface area (Å²) in [7, 11) is 1.88. The summed E-state index contributed by atoms with van der Waals surface area (Å²) in [5, 5.41) is 2.63. The Labute approximate surface area is 132 Å². The number of hydrogen-bond donors (Lipinski definition) is 1. The molecule has 0 bridgehead atoms. The fourth-order valence-corrected chi connectivity index (χ4v) is 2.09. The largest absolute Gasteiger partial charge is 0.416 e. The maximum Gasteiger partial charge on any atom is 0.416 e. The van der Waals surface area contributed by atoms with Crippen LogP contribution in [-0.4, -0.2) is 26.0 Å². The highest BCUT2D eigenvalue weighted by atomic mass is 19.4. The molecule has 0 atom stereocenters. The standard InChI is InChI=1S/C17H17F3N2O/c1-22(15-8-3-2-4-9-15)11-10-21-16(23)13-6-5-7-14(12-13)17(18,19)20/h2-9,12H,10-11H2,1H3,(H,21,23). The first-order chi connectivity index (χ1) is 10.9. The molecule has 0 aromatic heterocycles. The van der Waals surface area contributed by atoms with E-state index in [2.05, 4.69) is 5.32 Å². The summed E-state index contributed by atoms with van der Waals surface area (Å²) in [5.74, 6) is -0.516. The Morgan fingerprint density at radius 3 is 2.43 bits per heavy atom. The molecule has 3 nitrogen and oxygen atoms in total. The molecule has 0 saturated heterocycles. The van der Waals surface area contributed by atoms with Gasteiger partial charge in [-0.3, -0.25) is 4.79 Å². The lowest BCUT2D eigenvalue weighted by Crippen LogP contribution is -2.33. The van der Waals surface area contributed by atoms with Crippen LogP contribution in [0, 0.1) is 0 Å². The number of carbonyl (C=O) groups is 1. The van der Waals surface area contributed by atoms with Crippen LogP contribution in [0.25, 0.3) is 0 Å². The molecule has 0 aliphatic carbocycles. The van der Waals surface area contributed by atoms with E-state index in [9.17, 15) is 18.0 Å². The number of halogens is 3. The first-order valence-electron chi connectivity index (χ1n) is 7.09. The molecule has 2 rings (SSSR count). The van der Waals surface area contributed by atoms with Gasteiger partial charge in [-0.25, -0.2) is 0 Å². The van der Waals surface area contributed by atoms with Crippen molar-refractivity contribution in [2.24, 2.45) is 0 Å². The van der Waals surface area contributed by atoms with E-state index in [4.69, 9.17) is 0 Å². The summed E-state index contributed by atoms with van der Waals surface area (Å²) >= 11 is 0. The van der Waals surface area contributed by atoms with Gasteiger partial charge >= 0.3 is 6.18 Å². The van der Waals surface area contributed by atoms with E-state index in [1.54, 1.807) is 0 Å². The van der Waals surface area contributed by atoms with Gasteiger partial charge in [0.25, 0.3) is 5.91 Å². The number of amides is 1. The SMILES string of the molecule is CN(CCNC(=O)c1cccc(C(F)(F)F)c1)c1ccccc1. The predicted molar refractivity (Wildman–Crippen MR) is 83.5 cm³/mol. The van der Waals surface area contributed by atoms with Gasteiger partial charge in [0.15, 0.2) is 0 Å². The monoisotopic (exact) mass is 322 g/mol. The first-order valence-corrected chi connectivity index (χ1v) is 7.09. The molecule has 0 aliphatic heterocycles. The fourth-order valence-electron chi connectivity index (χ4n) is 2.09. The number of para-hydroxylation sites is 1. The van der Waals surface area contributed by atoms with Crippen molar-refractivity contribution < 1.29 is 18.0 Å². The van der Waals surface area contributed by atoms with Gasteiger partial charge in [0.05, 0.1) is 5.56 Å². The maximum absolute atomic E-state index is 12.6. The van der Waals surface area contributed by atoms with Crippen molar-refractivity contribution in [2.45, 2.75) is 6.18 Å². The molecule has 6 heteroatoms. The number of nitrogens with zero attached hydrogens (tertiary/aromatic N) is 1. The summed E-state index contributed by atoms with van der Waals surface area (Å²) in [6.45, 7) is 0.884. The zero-order valence-corrected chi connectivity index (χ0v) is 12.6. The minimum absolute atomic E-state index is 0.00203. The van der Waals surface area contributed by atoms with Gasteiger partial charge in [0.1, 0.15) is 0 Å². The number of alkyl halides is 3. The topological polar surface area (TPSA) is 32.3 Å². The highest BCUT2D eigenvalue weighted by Gasteiger charge is 2.30. The summed E-state index contributed by atoms with van der Waals surface area (Å²) in [5.41, 5.74) is 0.176. The normalized spacial score (nSPS) is 11.1. The van der Waals surface area contributed by atoms with E-state index in [1.165, 1.54) is 12.1 Å². The lowest BCUT2D eigenvalue weighted by molar-refractivity contribution is -0.137. The summed E-state index contributed by atoms with van der Waals surface area (Å²) in [6, 6.07) is 14.0. The third-order valence-electron chi connectivity index (χ3n) is 3.38. The Morgan fingerprint density at radius 1 is 1.09 bits per heavy atom. The van der Waals surface area contributed by atoms with Gasteiger partial charge in [0, 0.05) is 31.4 Å². The molecule has 0 fully saturated rings. The average molecular weight is 322 g/mol. The van der Waals surface area contributed by atoms with Gasteiger partial charge in [-0.05, 0) is 30.3 Å². The van der Waals surface area contributed by atoms with E-state index in [0.717, 1.165) is 17.8 Å². The fraction of sp³-hybridized carbons (Fsp3) is 0.235. The molecule has 1 N–H and O–H groups in total. The van der Waals surface area contributed by atoms with Crippen LogP contribution in [0.4, 0.5) is 18.9 Å². The number of anilines is 1. The van der Waals surface area contributed by atoms with Crippen LogP contribution in [0.2, 0.25) is 0 Å². The van der Waals surface area contributed by atoms with Crippen LogP contribution in [0.1, 0.15) is 15.9 Å². The van der Waals surface area contributed by atoms with E-state index < -0.39 is 17.6 Å². The van der Waals surface area contributed by atoms with Crippen LogP contribution in [0.3, 0.4) is 0 Å². The number of likely N-dealkylation sites (N-methyl/N-ethyl adjacent to an activating group) is 1. The highest BCUT2D eigenvalue weighted by molar-refractivity contribution is 5.94. The van der Waals surface area contributed by atoms with Crippen molar-refractivity contribution in [3.05, 3.63) is 65.7 Å². The third-order valence-corrected chi connectivity index (χ3v) is 3.38. The van der Waals surface area contributed by atoms with Crippen molar-refractivity contribution in [2.75, 3.05) is 25.0 Å². The second-order valence-electron chi connectivity index (χ2n) is 5.09. The minimum Gasteiger partial charge on any atom is -0.373 e. The van der Waals surface area contributed by atoms with E-state index in [-0.39, 0.29) is 5.56 Å². The Hall–Kier alpha value is -2.50. The molecule has 0 saturated carbocycles. The second-order valence-corrected chi connectivity index (χ2v) is 5.09. The molecule has 0 radical (unpaired) electrons. The highest BCUT2D eigenvalue weighted by Crippen LogP contribution is 2.29. The number of benzene rings is 2. The summed E-state index contributed by atoms with van der Waals surface area (Å²) < 4.78 is 37.9. The molecule has 0 unspecified atom stereocenters. The number of hydrogen-bond acceptors (Lipinski definition) is 2. The number of nitrogens with one attached hydrogen (secondary N) is 1. The molecular weight excluding hydrogens is 305 g/mol. The second kappa shape index (κ2) is 7.17. The zero-order chi connectivity index (χ0) is 16.9. The molecular formula is C17H17F3N2O. The van der Waals surface area contributed by atoms with E-state index >= 15 is 0 Å². The molecule has 1 amide bonds. The van der Waals surface area contributed by atoms with Crippen LogP contribution in [0.5, 0.6) is 0 Å². The molecule has 0 aliphatic rings. The number of carbonyl (C=O) groups excluding carboxylic acids is 1. The van der Waals surface area contributed by atoms with Gasteiger partial charge in [0.2, 0.25) is 0 Å². The van der Waals surface area contributed by atoms with Gasteiger partial charge < -0.3 is 10.2 Å². The lowest BCUT2D eigenvalue weighted by Gasteiger charge is -2.19. The molecule has 2 aromatic carbocycles. The first kappa shape index (κ1) is 16.9. The summed E-state index contributed by atoms with van der Waals surface area (Å²) in [4.78, 5) is 13.9. The Balaban J connectivity index is 1.90. The Bertz CT molecular complexity index is 656. The Morgan fingerprint density at radius 2 is 1.78 bits per heavy atom. The lowest BCUT2D eigenvalue weighted by atomic mass is 10.1. The van der Waals surface area contributed by atoms with Crippen molar-refractivity contribution >= 4 is 11.6 Å². The van der Waals surface area contributed by atoms with Crippen molar-refractivity contribution in [3.8, 4) is 0 Å². The van der Waals surface area contributed by atoms with Crippen LogP contribution in [-0.2, 0) is 6.18 Å². The molecule has 23 heavy (non-hydrogen) atoms. The number of rotatable bonds is 5. The van der Waals surface area contributed by atoms with E-state index in [0.29, 0.717) is 13.1 Å². The zero-order valence-electron chi connectivity index (χ0n) is 12.6. The molecule has 0 spiro atoms. The van der Waals surface area contributed by atoms with E-state index in [1.807, 2.05) is 42.3 Å². The molecule has 0 heterocycles. The van der Waals surface area contributed by atoms with Gasteiger partial charge in [-0.15, -0.1) is 0 Å². The smallest absolute Gasteiger partial charge is 0.373 e. The quantitative estimate of drug-likeness (QED) is 0.913. The summed E-state index contributed by atoms with van der Waals surface area (Å²) in [6.07, 6.45) is -4.45. The Kier molecular flexibility index (Phi) is 5.26. The molecule has 2 aromatic rings. The van der Waals surface area contributed by atoms with Crippen LogP contribution < -0.4 is 10.2 Å². The maximum atomic E-state index is 12.6. The minimum atomic E-state index is -4.45. The van der Waals surface area contributed by atoms with Crippen molar-refractivity contribution in [3.63, 3.8) is 0 Å². The third kappa shape index (κ3) is 4.74.